The lowest BCUT2D eigenvalue weighted by atomic mass is 10.1. The number of ether oxygens (including phenoxy) is 1. The van der Waals surface area contributed by atoms with E-state index in [2.05, 4.69) is 0 Å². The van der Waals surface area contributed by atoms with E-state index < -0.39 is 5.24 Å². The smallest absolute Gasteiger partial charge is 0.263 e. The zero-order valence-electron chi connectivity index (χ0n) is 12.1. The van der Waals surface area contributed by atoms with Crippen molar-refractivity contribution in [2.45, 2.75) is 20.4 Å². The fourth-order valence-electron chi connectivity index (χ4n) is 2.33. The van der Waals surface area contributed by atoms with Crippen LogP contribution in [-0.4, -0.2) is 16.9 Å². The first-order valence-electron chi connectivity index (χ1n) is 6.58. The molecule has 110 valence electrons. The van der Waals surface area contributed by atoms with Gasteiger partial charge in [0.15, 0.2) is 0 Å². The predicted octanol–water partition coefficient (Wildman–Crippen LogP) is 3.23. The molecule has 1 aromatic carbocycles. The Morgan fingerprint density at radius 3 is 2.52 bits per heavy atom. The van der Waals surface area contributed by atoms with Gasteiger partial charge in [-0.1, -0.05) is 0 Å². The minimum atomic E-state index is -0.736. The summed E-state index contributed by atoms with van der Waals surface area (Å²) in [6.45, 7) is 4.24. The molecular weight excluding hydrogens is 290 g/mol. The number of carbonyl (C=O) groups is 1. The van der Waals surface area contributed by atoms with Crippen LogP contribution in [0.25, 0.3) is 11.3 Å². The number of halogens is 1. The number of benzene rings is 1. The van der Waals surface area contributed by atoms with Crippen molar-refractivity contribution in [2.75, 3.05) is 7.11 Å². The van der Waals surface area contributed by atoms with Crippen molar-refractivity contribution in [2.24, 2.45) is 0 Å². The molecule has 0 saturated carbocycles. The van der Waals surface area contributed by atoms with E-state index in [1.165, 1.54) is 10.6 Å². The number of hydrogen-bond donors (Lipinski definition) is 0. The van der Waals surface area contributed by atoms with E-state index in [1.807, 2.05) is 32.0 Å². The summed E-state index contributed by atoms with van der Waals surface area (Å²) in [4.78, 5) is 23.5. The summed E-state index contributed by atoms with van der Waals surface area (Å²) >= 11 is 5.43. The highest BCUT2D eigenvalue weighted by atomic mass is 35.5. The average Bonchev–Trinajstić information content (AvgIpc) is 2.46. The minimum Gasteiger partial charge on any atom is -0.496 e. The molecule has 0 spiro atoms. The van der Waals surface area contributed by atoms with Crippen molar-refractivity contribution < 1.29 is 9.53 Å². The van der Waals surface area contributed by atoms with Gasteiger partial charge in [0.05, 0.1) is 18.4 Å². The van der Waals surface area contributed by atoms with Crippen LogP contribution >= 0.6 is 11.6 Å². The van der Waals surface area contributed by atoms with Gasteiger partial charge in [0.2, 0.25) is 0 Å². The van der Waals surface area contributed by atoms with Crippen LogP contribution in [-0.2, 0) is 6.54 Å². The van der Waals surface area contributed by atoms with Gasteiger partial charge in [0.1, 0.15) is 5.75 Å². The van der Waals surface area contributed by atoms with E-state index in [4.69, 9.17) is 16.3 Å². The van der Waals surface area contributed by atoms with E-state index in [0.29, 0.717) is 6.54 Å². The van der Waals surface area contributed by atoms with Gasteiger partial charge in [-0.2, -0.15) is 0 Å². The molecule has 0 aliphatic rings. The Bertz CT molecular complexity index is 750. The Hall–Kier alpha value is -2.07. The summed E-state index contributed by atoms with van der Waals surface area (Å²) in [5, 5.41) is -0.736. The van der Waals surface area contributed by atoms with Gasteiger partial charge >= 0.3 is 0 Å². The molecule has 0 fully saturated rings. The first-order chi connectivity index (χ1) is 9.99. The summed E-state index contributed by atoms with van der Waals surface area (Å²) in [6.07, 6.45) is 0. The number of aromatic nitrogens is 1. The van der Waals surface area contributed by atoms with E-state index in [-0.39, 0.29) is 11.1 Å². The molecule has 0 aliphatic heterocycles. The number of nitrogens with zero attached hydrogens (tertiary/aromatic N) is 1. The third-order valence-electron chi connectivity index (χ3n) is 3.39. The Labute approximate surface area is 127 Å². The van der Waals surface area contributed by atoms with Crippen LogP contribution in [0, 0.1) is 6.92 Å². The van der Waals surface area contributed by atoms with Gasteiger partial charge in [-0.05, 0) is 66.9 Å². The zero-order chi connectivity index (χ0) is 15.6. The molecule has 5 heteroatoms. The van der Waals surface area contributed by atoms with Crippen molar-refractivity contribution in [3.63, 3.8) is 0 Å². The first kappa shape index (κ1) is 15.3. The summed E-state index contributed by atoms with van der Waals surface area (Å²) < 4.78 is 6.77. The molecule has 21 heavy (non-hydrogen) atoms. The second kappa shape index (κ2) is 6.14. The molecule has 0 amide bonds. The Kier molecular flexibility index (Phi) is 4.48. The van der Waals surface area contributed by atoms with Crippen molar-refractivity contribution in [1.29, 1.82) is 0 Å². The molecule has 0 unspecified atom stereocenters. The molecule has 0 radical (unpaired) electrons. The topological polar surface area (TPSA) is 48.3 Å². The van der Waals surface area contributed by atoms with Gasteiger partial charge in [0, 0.05) is 6.54 Å². The molecule has 2 rings (SSSR count). The van der Waals surface area contributed by atoms with Gasteiger partial charge in [-0.15, -0.1) is 0 Å². The largest absolute Gasteiger partial charge is 0.496 e. The quantitative estimate of drug-likeness (QED) is 0.815. The molecule has 4 nitrogen and oxygen atoms in total. The number of carbonyl (C=O) groups excluding carboxylic acids is 1. The monoisotopic (exact) mass is 305 g/mol. The maximum atomic E-state index is 12.3. The summed E-state index contributed by atoms with van der Waals surface area (Å²) in [7, 11) is 1.62. The molecular formula is C16H16ClNO3. The van der Waals surface area contributed by atoms with Crippen LogP contribution in [0.3, 0.4) is 0 Å². The van der Waals surface area contributed by atoms with Crippen molar-refractivity contribution in [3.8, 4) is 17.0 Å². The lowest BCUT2D eigenvalue weighted by Crippen LogP contribution is -2.25. The number of rotatable bonds is 4. The minimum absolute atomic E-state index is 0.00694. The van der Waals surface area contributed by atoms with Crippen molar-refractivity contribution in [3.05, 3.63) is 51.8 Å². The maximum Gasteiger partial charge on any atom is 0.263 e. The molecule has 0 saturated heterocycles. The zero-order valence-corrected chi connectivity index (χ0v) is 12.9. The summed E-state index contributed by atoms with van der Waals surface area (Å²) in [5.41, 5.74) is 2.23. The molecule has 0 atom stereocenters. The summed E-state index contributed by atoms with van der Waals surface area (Å²) in [5.74, 6) is 0.789. The standard InChI is InChI=1S/C16H16ClNO3/c1-4-18-13(7-6-12(15(17)19)16(18)20)11-5-8-14(21-3)10(2)9-11/h5-9H,4H2,1-3H3. The number of aryl methyl sites for hydroxylation is 1. The van der Waals surface area contributed by atoms with Crippen LogP contribution < -0.4 is 10.3 Å². The SMILES string of the molecule is CCn1c(-c2ccc(OC)c(C)c2)ccc(C(=O)Cl)c1=O. The fraction of sp³-hybridized carbons (Fsp3) is 0.250. The maximum absolute atomic E-state index is 12.3. The third kappa shape index (κ3) is 2.85. The number of methoxy groups -OCH3 is 1. The van der Waals surface area contributed by atoms with Crippen molar-refractivity contribution >= 4 is 16.8 Å². The highest BCUT2D eigenvalue weighted by Gasteiger charge is 2.14. The molecule has 0 aliphatic carbocycles. The van der Waals surface area contributed by atoms with E-state index in [0.717, 1.165) is 22.6 Å². The average molecular weight is 306 g/mol. The van der Waals surface area contributed by atoms with Gasteiger partial charge in [-0.3, -0.25) is 9.59 Å². The normalized spacial score (nSPS) is 10.5. The van der Waals surface area contributed by atoms with Crippen LogP contribution in [0.15, 0.2) is 35.1 Å². The highest BCUT2D eigenvalue weighted by Crippen LogP contribution is 2.25. The van der Waals surface area contributed by atoms with Gasteiger partial charge in [-0.25, -0.2) is 0 Å². The van der Waals surface area contributed by atoms with Gasteiger partial charge in [0.25, 0.3) is 10.8 Å². The molecule has 1 aromatic heterocycles. The van der Waals surface area contributed by atoms with Crippen LogP contribution in [0.5, 0.6) is 5.75 Å². The van der Waals surface area contributed by atoms with Gasteiger partial charge < -0.3 is 9.30 Å². The Morgan fingerprint density at radius 2 is 2.00 bits per heavy atom. The molecule has 1 heterocycles. The predicted molar refractivity (Wildman–Crippen MR) is 83.3 cm³/mol. The summed E-state index contributed by atoms with van der Waals surface area (Å²) in [6, 6.07) is 8.90. The first-order valence-corrected chi connectivity index (χ1v) is 6.96. The number of pyridine rings is 1. The lowest BCUT2D eigenvalue weighted by Gasteiger charge is -2.13. The van der Waals surface area contributed by atoms with Crippen LogP contribution in [0.4, 0.5) is 0 Å². The fourth-order valence-corrected chi connectivity index (χ4v) is 2.48. The molecule has 2 aromatic rings. The van der Waals surface area contributed by atoms with E-state index >= 15 is 0 Å². The Balaban J connectivity index is 2.64. The molecule has 0 N–H and O–H groups in total. The second-order valence-electron chi connectivity index (χ2n) is 4.64. The third-order valence-corrected chi connectivity index (χ3v) is 3.60. The lowest BCUT2D eigenvalue weighted by molar-refractivity contribution is 0.107. The van der Waals surface area contributed by atoms with E-state index in [9.17, 15) is 9.59 Å². The Morgan fingerprint density at radius 1 is 1.29 bits per heavy atom. The van der Waals surface area contributed by atoms with E-state index in [1.54, 1.807) is 13.2 Å². The van der Waals surface area contributed by atoms with Crippen molar-refractivity contribution in [1.82, 2.24) is 4.57 Å². The highest BCUT2D eigenvalue weighted by molar-refractivity contribution is 6.67. The van der Waals surface area contributed by atoms with Crippen LogP contribution in [0.2, 0.25) is 0 Å². The number of hydrogen-bond acceptors (Lipinski definition) is 3. The van der Waals surface area contributed by atoms with Crippen LogP contribution in [0.1, 0.15) is 22.8 Å². The molecule has 0 bridgehead atoms. The second-order valence-corrected chi connectivity index (χ2v) is 4.98.